The molecular weight excluding hydrogens is 294 g/mol. The first-order chi connectivity index (χ1) is 10.5. The first kappa shape index (κ1) is 16.5. The van der Waals surface area contributed by atoms with Crippen LogP contribution in [0.4, 0.5) is 5.69 Å². The second-order valence-electron chi connectivity index (χ2n) is 5.41. The number of thioether (sulfide) groups is 1. The van der Waals surface area contributed by atoms with Gasteiger partial charge in [0.25, 0.3) is 0 Å². The van der Waals surface area contributed by atoms with Crippen LogP contribution in [0.5, 0.6) is 0 Å². The van der Waals surface area contributed by atoms with E-state index in [2.05, 4.69) is 9.97 Å². The zero-order valence-electron chi connectivity index (χ0n) is 13.4. The fourth-order valence-electron chi connectivity index (χ4n) is 2.27. The number of carbonyl (C=O) groups excluding carboxylic acids is 1. The van der Waals surface area contributed by atoms with Gasteiger partial charge in [0.2, 0.25) is 5.91 Å². The quantitative estimate of drug-likeness (QED) is 0.624. The van der Waals surface area contributed by atoms with Crippen molar-refractivity contribution >= 4 is 23.4 Å². The molecule has 0 saturated heterocycles. The van der Waals surface area contributed by atoms with Crippen LogP contribution >= 0.6 is 11.8 Å². The number of aromatic nitrogens is 2. The highest BCUT2D eigenvalue weighted by atomic mass is 32.2. The maximum Gasteiger partial charge on any atom is 0.237 e. The van der Waals surface area contributed by atoms with Crippen molar-refractivity contribution in [1.82, 2.24) is 9.97 Å². The summed E-state index contributed by atoms with van der Waals surface area (Å²) in [5.41, 5.74) is 2.77. The molecule has 1 aromatic heterocycles. The minimum Gasteiger partial charge on any atom is -0.309 e. The third-order valence-electron chi connectivity index (χ3n) is 3.11. The Balaban J connectivity index is 2.09. The molecule has 5 heteroatoms. The number of hydrogen-bond donors (Lipinski definition) is 0. The van der Waals surface area contributed by atoms with E-state index in [-0.39, 0.29) is 11.9 Å². The Kier molecular flexibility index (Phi) is 5.55. The monoisotopic (exact) mass is 315 g/mol. The topological polar surface area (TPSA) is 46.1 Å². The number of hydrogen-bond acceptors (Lipinski definition) is 4. The number of rotatable bonds is 5. The van der Waals surface area contributed by atoms with Crippen molar-refractivity contribution in [3.05, 3.63) is 47.8 Å². The van der Waals surface area contributed by atoms with Crippen LogP contribution in [0, 0.1) is 13.8 Å². The number of amides is 1. The molecule has 4 nitrogen and oxygen atoms in total. The Morgan fingerprint density at radius 1 is 1.14 bits per heavy atom. The Morgan fingerprint density at radius 3 is 2.27 bits per heavy atom. The normalized spacial score (nSPS) is 10.8. The van der Waals surface area contributed by atoms with Gasteiger partial charge in [-0.25, -0.2) is 9.97 Å². The van der Waals surface area contributed by atoms with Gasteiger partial charge in [0.05, 0.1) is 5.75 Å². The minimum atomic E-state index is 0.0639. The zero-order chi connectivity index (χ0) is 16.1. The maximum atomic E-state index is 12.6. The fraction of sp³-hybridized carbons (Fsp3) is 0.353. The van der Waals surface area contributed by atoms with E-state index in [1.807, 2.05) is 69.0 Å². The van der Waals surface area contributed by atoms with Crippen molar-refractivity contribution in [1.29, 1.82) is 0 Å². The van der Waals surface area contributed by atoms with E-state index in [4.69, 9.17) is 0 Å². The van der Waals surface area contributed by atoms with Crippen molar-refractivity contribution in [3.63, 3.8) is 0 Å². The van der Waals surface area contributed by atoms with Crippen molar-refractivity contribution in [2.24, 2.45) is 0 Å². The number of aryl methyl sites for hydroxylation is 2. The molecule has 0 radical (unpaired) electrons. The molecule has 0 fully saturated rings. The average Bonchev–Trinajstić information content (AvgIpc) is 2.45. The highest BCUT2D eigenvalue weighted by molar-refractivity contribution is 7.99. The molecule has 0 spiro atoms. The van der Waals surface area contributed by atoms with Gasteiger partial charge in [0.1, 0.15) is 0 Å². The number of benzene rings is 1. The molecule has 0 aliphatic carbocycles. The average molecular weight is 315 g/mol. The Morgan fingerprint density at radius 2 is 1.73 bits per heavy atom. The number of anilines is 1. The lowest BCUT2D eigenvalue weighted by Crippen LogP contribution is -2.38. The molecule has 0 saturated carbocycles. The summed E-state index contributed by atoms with van der Waals surface area (Å²) in [6, 6.07) is 11.8. The predicted molar refractivity (Wildman–Crippen MR) is 91.3 cm³/mol. The molecule has 1 amide bonds. The molecule has 116 valence electrons. The van der Waals surface area contributed by atoms with Gasteiger partial charge in [-0.15, -0.1) is 0 Å². The number of carbonyl (C=O) groups is 1. The molecule has 1 heterocycles. The molecule has 0 N–H and O–H groups in total. The minimum absolute atomic E-state index is 0.0639. The van der Waals surface area contributed by atoms with Gasteiger partial charge in [-0.1, -0.05) is 30.0 Å². The summed E-state index contributed by atoms with van der Waals surface area (Å²) < 4.78 is 0. The van der Waals surface area contributed by atoms with Crippen LogP contribution in [0.1, 0.15) is 25.2 Å². The van der Waals surface area contributed by atoms with Crippen molar-refractivity contribution in [3.8, 4) is 0 Å². The van der Waals surface area contributed by atoms with Crippen LogP contribution in [0.2, 0.25) is 0 Å². The highest BCUT2D eigenvalue weighted by Crippen LogP contribution is 2.20. The third-order valence-corrected chi connectivity index (χ3v) is 3.94. The molecule has 0 unspecified atom stereocenters. The van der Waals surface area contributed by atoms with Gasteiger partial charge < -0.3 is 4.90 Å². The maximum absolute atomic E-state index is 12.6. The number of nitrogens with zero attached hydrogens (tertiary/aromatic N) is 3. The largest absolute Gasteiger partial charge is 0.309 e. The van der Waals surface area contributed by atoms with E-state index in [9.17, 15) is 4.79 Å². The Hall–Kier alpha value is -1.88. The van der Waals surface area contributed by atoms with E-state index in [0.29, 0.717) is 10.9 Å². The first-order valence-corrected chi connectivity index (χ1v) is 8.28. The van der Waals surface area contributed by atoms with Crippen LogP contribution in [0.3, 0.4) is 0 Å². The van der Waals surface area contributed by atoms with Crippen molar-refractivity contribution in [2.75, 3.05) is 10.7 Å². The fourth-order valence-corrected chi connectivity index (χ4v) is 3.08. The second kappa shape index (κ2) is 7.40. The molecule has 0 atom stereocenters. The summed E-state index contributed by atoms with van der Waals surface area (Å²) in [7, 11) is 0. The van der Waals surface area contributed by atoms with Gasteiger partial charge in [0, 0.05) is 23.1 Å². The lowest BCUT2D eigenvalue weighted by Gasteiger charge is -2.26. The molecular formula is C17H21N3OS. The summed E-state index contributed by atoms with van der Waals surface area (Å²) in [6.45, 7) is 7.90. The van der Waals surface area contributed by atoms with Gasteiger partial charge in [-0.05, 0) is 45.9 Å². The van der Waals surface area contributed by atoms with E-state index in [1.54, 1.807) is 0 Å². The summed E-state index contributed by atoms with van der Waals surface area (Å²) >= 11 is 1.38. The smallest absolute Gasteiger partial charge is 0.237 e. The predicted octanol–water partition coefficient (Wildman–Crippen LogP) is 3.63. The first-order valence-electron chi connectivity index (χ1n) is 7.29. The lowest BCUT2D eigenvalue weighted by atomic mass is 10.2. The van der Waals surface area contributed by atoms with E-state index in [0.717, 1.165) is 17.1 Å². The third kappa shape index (κ3) is 4.31. The summed E-state index contributed by atoms with van der Waals surface area (Å²) in [5.74, 6) is 0.393. The SMILES string of the molecule is Cc1cc(C)nc(SCC(=O)N(c2ccccc2)C(C)C)n1. The molecule has 2 rings (SSSR count). The van der Waals surface area contributed by atoms with Crippen LogP contribution in [-0.2, 0) is 4.79 Å². The lowest BCUT2D eigenvalue weighted by molar-refractivity contribution is -0.116. The van der Waals surface area contributed by atoms with Gasteiger partial charge >= 0.3 is 0 Å². The van der Waals surface area contributed by atoms with Crippen LogP contribution in [0.15, 0.2) is 41.6 Å². The van der Waals surface area contributed by atoms with Crippen LogP contribution < -0.4 is 4.90 Å². The molecule has 1 aromatic carbocycles. The van der Waals surface area contributed by atoms with E-state index < -0.39 is 0 Å². The Bertz CT molecular complexity index is 623. The molecule has 0 aliphatic rings. The Labute approximate surface area is 136 Å². The number of para-hydroxylation sites is 1. The second-order valence-corrected chi connectivity index (χ2v) is 6.36. The zero-order valence-corrected chi connectivity index (χ0v) is 14.2. The molecule has 0 aliphatic heterocycles. The van der Waals surface area contributed by atoms with Crippen molar-refractivity contribution < 1.29 is 4.79 Å². The highest BCUT2D eigenvalue weighted by Gasteiger charge is 2.19. The van der Waals surface area contributed by atoms with Crippen molar-refractivity contribution in [2.45, 2.75) is 38.9 Å². The molecule has 2 aromatic rings. The molecule has 22 heavy (non-hydrogen) atoms. The standard InChI is InChI=1S/C17H21N3OS/c1-12(2)20(15-8-6-5-7-9-15)16(21)11-22-17-18-13(3)10-14(4)19-17/h5-10,12H,11H2,1-4H3. The van der Waals surface area contributed by atoms with Gasteiger partial charge in [0.15, 0.2) is 5.16 Å². The molecule has 0 bridgehead atoms. The van der Waals surface area contributed by atoms with Gasteiger partial charge in [-0.2, -0.15) is 0 Å². The summed E-state index contributed by atoms with van der Waals surface area (Å²) in [6.07, 6.45) is 0. The van der Waals surface area contributed by atoms with E-state index >= 15 is 0 Å². The summed E-state index contributed by atoms with van der Waals surface area (Å²) in [5, 5.41) is 0.655. The summed E-state index contributed by atoms with van der Waals surface area (Å²) in [4.78, 5) is 23.1. The van der Waals surface area contributed by atoms with Crippen LogP contribution in [-0.4, -0.2) is 27.7 Å². The van der Waals surface area contributed by atoms with Gasteiger partial charge in [-0.3, -0.25) is 4.79 Å². The van der Waals surface area contributed by atoms with Crippen LogP contribution in [0.25, 0.3) is 0 Å². The van der Waals surface area contributed by atoms with E-state index in [1.165, 1.54) is 11.8 Å².